The molecule has 2 heterocycles. The number of carbonyl (C=O) groups is 1. The number of aryl methyl sites for hydroxylation is 1. The predicted molar refractivity (Wildman–Crippen MR) is 124 cm³/mol. The van der Waals surface area contributed by atoms with Crippen molar-refractivity contribution < 1.29 is 9.53 Å². The minimum absolute atomic E-state index is 0.251. The molecule has 5 nitrogen and oxygen atoms in total. The molecule has 0 bridgehead atoms. The number of nitrogen functional groups attached to an aromatic ring is 1. The topological polar surface area (TPSA) is 77.2 Å². The smallest absolute Gasteiger partial charge is 0.267 e. The Kier molecular flexibility index (Phi) is 5.88. The van der Waals surface area contributed by atoms with E-state index in [2.05, 4.69) is 17.2 Å². The first-order chi connectivity index (χ1) is 14.5. The first-order valence-corrected chi connectivity index (χ1v) is 10.8. The number of anilines is 2. The number of carbonyl (C=O) groups excluding carboxylic acids is 1. The van der Waals surface area contributed by atoms with Crippen molar-refractivity contribution in [2.24, 2.45) is 0 Å². The number of aromatic nitrogens is 1. The van der Waals surface area contributed by atoms with Crippen molar-refractivity contribution in [1.29, 1.82) is 0 Å². The Balaban J connectivity index is 1.48. The summed E-state index contributed by atoms with van der Waals surface area (Å²) in [6.45, 7) is 2.11. The molecular formula is C23H20ClN3O2S. The summed E-state index contributed by atoms with van der Waals surface area (Å²) in [7, 11) is 0. The fourth-order valence-corrected chi connectivity index (χ4v) is 4.17. The van der Waals surface area contributed by atoms with E-state index in [0.29, 0.717) is 32.8 Å². The molecule has 0 aliphatic heterocycles. The van der Waals surface area contributed by atoms with Gasteiger partial charge in [0.1, 0.15) is 21.2 Å². The van der Waals surface area contributed by atoms with E-state index in [9.17, 15) is 4.79 Å². The van der Waals surface area contributed by atoms with Gasteiger partial charge in [0.25, 0.3) is 5.91 Å². The molecular weight excluding hydrogens is 418 g/mol. The van der Waals surface area contributed by atoms with Gasteiger partial charge in [-0.05, 0) is 67.1 Å². The van der Waals surface area contributed by atoms with Gasteiger partial charge in [0.15, 0.2) is 0 Å². The molecule has 0 fully saturated rings. The number of nitrogens with two attached hydrogens (primary N) is 1. The maximum Gasteiger partial charge on any atom is 0.267 e. The Labute approximate surface area is 183 Å². The molecule has 0 aliphatic carbocycles. The molecule has 0 unspecified atom stereocenters. The van der Waals surface area contributed by atoms with Crippen molar-refractivity contribution in [2.75, 3.05) is 11.1 Å². The summed E-state index contributed by atoms with van der Waals surface area (Å²) in [4.78, 5) is 18.7. The van der Waals surface area contributed by atoms with Gasteiger partial charge in [0, 0.05) is 21.8 Å². The molecule has 0 saturated heterocycles. The molecule has 152 valence electrons. The summed E-state index contributed by atoms with van der Waals surface area (Å²) < 4.78 is 5.77. The molecule has 0 saturated carbocycles. The molecule has 0 radical (unpaired) electrons. The van der Waals surface area contributed by atoms with Gasteiger partial charge in [-0.2, -0.15) is 0 Å². The summed E-state index contributed by atoms with van der Waals surface area (Å²) in [6, 6.07) is 18.2. The fraction of sp³-hybridized carbons (Fsp3) is 0.130. The van der Waals surface area contributed by atoms with Crippen molar-refractivity contribution >= 4 is 50.4 Å². The van der Waals surface area contributed by atoms with Crippen molar-refractivity contribution in [2.45, 2.75) is 19.8 Å². The van der Waals surface area contributed by atoms with E-state index < -0.39 is 0 Å². The molecule has 1 amide bonds. The minimum Gasteiger partial charge on any atom is -0.457 e. The van der Waals surface area contributed by atoms with E-state index >= 15 is 0 Å². The Bertz CT molecular complexity index is 1190. The van der Waals surface area contributed by atoms with Gasteiger partial charge in [-0.3, -0.25) is 4.79 Å². The number of thiophene rings is 1. The lowest BCUT2D eigenvalue weighted by Crippen LogP contribution is -2.11. The van der Waals surface area contributed by atoms with Gasteiger partial charge in [0.05, 0.1) is 5.69 Å². The fourth-order valence-electron chi connectivity index (χ4n) is 3.03. The van der Waals surface area contributed by atoms with Crippen molar-refractivity contribution in [1.82, 2.24) is 4.98 Å². The zero-order valence-corrected chi connectivity index (χ0v) is 17.9. The van der Waals surface area contributed by atoms with Gasteiger partial charge >= 0.3 is 0 Å². The molecule has 0 aliphatic rings. The lowest BCUT2D eigenvalue weighted by molar-refractivity contribution is 0.103. The summed E-state index contributed by atoms with van der Waals surface area (Å²) in [5.74, 6) is 1.09. The standard InChI is InChI=1S/C23H20ClN3O2S/c1-2-3-15-8-13-19-20(25)21(30-23(19)27-15)22(28)26-16-6-11-18(12-7-16)29-17-9-4-14(24)5-10-17/h4-13H,2-3,25H2,1H3,(H,26,28). The van der Waals surface area contributed by atoms with E-state index in [0.717, 1.165) is 28.8 Å². The van der Waals surface area contributed by atoms with Crippen LogP contribution in [0.15, 0.2) is 60.7 Å². The number of pyridine rings is 1. The van der Waals surface area contributed by atoms with Crippen LogP contribution in [0.3, 0.4) is 0 Å². The highest BCUT2D eigenvalue weighted by atomic mass is 35.5. The van der Waals surface area contributed by atoms with Gasteiger partial charge in [-0.15, -0.1) is 11.3 Å². The number of ether oxygens (including phenoxy) is 1. The van der Waals surface area contributed by atoms with E-state index in [4.69, 9.17) is 22.1 Å². The van der Waals surface area contributed by atoms with Crippen LogP contribution in [0, 0.1) is 0 Å². The Morgan fingerprint density at radius 3 is 2.40 bits per heavy atom. The van der Waals surface area contributed by atoms with Crippen LogP contribution in [0.5, 0.6) is 11.5 Å². The second kappa shape index (κ2) is 8.73. The molecule has 2 aromatic carbocycles. The second-order valence-corrected chi connectivity index (χ2v) is 8.22. The number of rotatable bonds is 6. The lowest BCUT2D eigenvalue weighted by Gasteiger charge is -2.08. The second-order valence-electron chi connectivity index (χ2n) is 6.78. The highest BCUT2D eigenvalue weighted by Gasteiger charge is 2.17. The van der Waals surface area contributed by atoms with E-state index in [1.807, 2.05) is 12.1 Å². The zero-order chi connectivity index (χ0) is 21.1. The maximum absolute atomic E-state index is 12.8. The molecule has 4 rings (SSSR count). The third kappa shape index (κ3) is 4.40. The monoisotopic (exact) mass is 437 g/mol. The average molecular weight is 438 g/mol. The van der Waals surface area contributed by atoms with Crippen molar-refractivity contribution in [3.05, 3.63) is 76.3 Å². The number of amides is 1. The van der Waals surface area contributed by atoms with Crippen LogP contribution in [0.2, 0.25) is 5.02 Å². The number of hydrogen-bond donors (Lipinski definition) is 2. The molecule has 0 atom stereocenters. The number of benzene rings is 2. The van der Waals surface area contributed by atoms with Crippen LogP contribution in [-0.2, 0) is 6.42 Å². The van der Waals surface area contributed by atoms with Crippen LogP contribution in [-0.4, -0.2) is 10.9 Å². The summed E-state index contributed by atoms with van der Waals surface area (Å²) in [5, 5.41) is 4.36. The maximum atomic E-state index is 12.8. The number of nitrogens with one attached hydrogen (secondary N) is 1. The van der Waals surface area contributed by atoms with Crippen LogP contribution in [0.25, 0.3) is 10.2 Å². The number of nitrogens with zero attached hydrogens (tertiary/aromatic N) is 1. The van der Waals surface area contributed by atoms with E-state index in [-0.39, 0.29) is 5.91 Å². The Morgan fingerprint density at radius 1 is 1.07 bits per heavy atom. The molecule has 3 N–H and O–H groups in total. The first-order valence-electron chi connectivity index (χ1n) is 9.56. The zero-order valence-electron chi connectivity index (χ0n) is 16.3. The van der Waals surface area contributed by atoms with Gasteiger partial charge in [0.2, 0.25) is 0 Å². The van der Waals surface area contributed by atoms with E-state index in [1.54, 1.807) is 48.5 Å². The Morgan fingerprint density at radius 2 is 1.73 bits per heavy atom. The van der Waals surface area contributed by atoms with Crippen LogP contribution >= 0.6 is 22.9 Å². The Hall–Kier alpha value is -3.09. The summed E-state index contributed by atoms with van der Waals surface area (Å²) in [5.41, 5.74) is 8.34. The number of fused-ring (bicyclic) bond motifs is 1. The molecule has 4 aromatic rings. The molecule has 30 heavy (non-hydrogen) atoms. The molecule has 2 aromatic heterocycles. The lowest BCUT2D eigenvalue weighted by atomic mass is 10.2. The molecule has 7 heteroatoms. The van der Waals surface area contributed by atoms with Crippen molar-refractivity contribution in [3.8, 4) is 11.5 Å². The van der Waals surface area contributed by atoms with Gasteiger partial charge in [-0.25, -0.2) is 4.98 Å². The van der Waals surface area contributed by atoms with Crippen LogP contribution in [0.4, 0.5) is 11.4 Å². The highest BCUT2D eigenvalue weighted by Crippen LogP contribution is 2.33. The third-order valence-corrected chi connectivity index (χ3v) is 5.89. The first kappa shape index (κ1) is 20.2. The van der Waals surface area contributed by atoms with Crippen LogP contribution in [0.1, 0.15) is 28.7 Å². The van der Waals surface area contributed by atoms with Crippen molar-refractivity contribution in [3.63, 3.8) is 0 Å². The SMILES string of the molecule is CCCc1ccc2c(N)c(C(=O)Nc3ccc(Oc4ccc(Cl)cc4)cc3)sc2n1. The van der Waals surface area contributed by atoms with Crippen LogP contribution < -0.4 is 15.8 Å². The average Bonchev–Trinajstić information content (AvgIpc) is 3.07. The highest BCUT2D eigenvalue weighted by molar-refractivity contribution is 7.21. The summed E-state index contributed by atoms with van der Waals surface area (Å²) >= 11 is 7.20. The number of hydrogen-bond acceptors (Lipinski definition) is 5. The third-order valence-electron chi connectivity index (χ3n) is 4.53. The summed E-state index contributed by atoms with van der Waals surface area (Å²) in [6.07, 6.45) is 1.92. The van der Waals surface area contributed by atoms with E-state index in [1.165, 1.54) is 11.3 Å². The quantitative estimate of drug-likeness (QED) is 0.359. The predicted octanol–water partition coefficient (Wildman–Crippen LogP) is 6.53. The van der Waals surface area contributed by atoms with Gasteiger partial charge in [-0.1, -0.05) is 24.9 Å². The normalized spacial score (nSPS) is 10.9. The molecule has 0 spiro atoms. The number of halogens is 1. The van der Waals surface area contributed by atoms with Gasteiger partial charge < -0.3 is 15.8 Å². The minimum atomic E-state index is -0.251. The largest absolute Gasteiger partial charge is 0.457 e.